The van der Waals surface area contributed by atoms with Gasteiger partial charge in [0.25, 0.3) is 0 Å². The number of ether oxygens (including phenoxy) is 1. The molecular formula is C19H22FNO3. The fourth-order valence-electron chi connectivity index (χ4n) is 4.31. The number of Topliss-reactive ketones (excluding diaryl/α,β-unsaturated/α-hetero) is 1. The number of likely N-dealkylation sites (tertiary alicyclic amines) is 1. The first kappa shape index (κ1) is 15.6. The molecule has 1 aliphatic carbocycles. The van der Waals surface area contributed by atoms with Gasteiger partial charge in [-0.3, -0.25) is 9.59 Å². The van der Waals surface area contributed by atoms with Gasteiger partial charge in [-0.05, 0) is 31.0 Å². The number of benzene rings is 1. The summed E-state index contributed by atoms with van der Waals surface area (Å²) in [4.78, 5) is 26.9. The van der Waals surface area contributed by atoms with Crippen LogP contribution in [0.5, 0.6) is 5.75 Å². The van der Waals surface area contributed by atoms with Gasteiger partial charge in [0.2, 0.25) is 5.91 Å². The molecule has 1 saturated carbocycles. The Morgan fingerprint density at radius 2 is 1.92 bits per heavy atom. The normalized spacial score (nSPS) is 23.2. The Morgan fingerprint density at radius 3 is 2.62 bits per heavy atom. The highest BCUT2D eigenvalue weighted by Crippen LogP contribution is 2.40. The number of hydrogen-bond acceptors (Lipinski definition) is 3. The number of rotatable bonds is 1. The standard InChI is InChI=1S/C19H22FNO3/c20-14-5-6-17-15(11-14)16(22)12-19(24-17)7-9-21(10-8-19)18(23)13-3-1-2-4-13/h5-6,11,13H,1-4,7-10,12H2. The monoisotopic (exact) mass is 331 g/mol. The molecule has 2 fully saturated rings. The second-order valence-electron chi connectivity index (χ2n) is 7.33. The Hall–Kier alpha value is -1.91. The first-order chi connectivity index (χ1) is 11.6. The SMILES string of the molecule is O=C1CC2(CCN(C(=O)C3CCCC3)CC2)Oc2ccc(F)cc21. The Kier molecular flexibility index (Phi) is 3.82. The molecule has 1 saturated heterocycles. The number of piperidine rings is 1. The average Bonchev–Trinajstić information content (AvgIpc) is 3.10. The predicted octanol–water partition coefficient (Wildman–Crippen LogP) is 3.34. The van der Waals surface area contributed by atoms with Crippen LogP contribution in [0, 0.1) is 11.7 Å². The fourth-order valence-corrected chi connectivity index (χ4v) is 4.31. The van der Waals surface area contributed by atoms with Gasteiger partial charge in [0.05, 0.1) is 12.0 Å². The van der Waals surface area contributed by atoms with E-state index in [1.54, 1.807) is 6.07 Å². The maximum atomic E-state index is 13.3. The highest BCUT2D eigenvalue weighted by molar-refractivity contribution is 6.00. The number of ketones is 1. The van der Waals surface area contributed by atoms with E-state index in [4.69, 9.17) is 4.74 Å². The van der Waals surface area contributed by atoms with Crippen LogP contribution in [0.3, 0.4) is 0 Å². The zero-order chi connectivity index (χ0) is 16.7. The lowest BCUT2D eigenvalue weighted by atomic mass is 9.82. The first-order valence-corrected chi connectivity index (χ1v) is 8.87. The Balaban J connectivity index is 1.46. The summed E-state index contributed by atoms with van der Waals surface area (Å²) in [6.07, 6.45) is 5.91. The zero-order valence-electron chi connectivity index (χ0n) is 13.7. The van der Waals surface area contributed by atoms with Crippen LogP contribution in [0.25, 0.3) is 0 Å². The summed E-state index contributed by atoms with van der Waals surface area (Å²) in [6, 6.07) is 4.12. The maximum absolute atomic E-state index is 13.3. The van der Waals surface area contributed by atoms with Gasteiger partial charge in [0.1, 0.15) is 17.2 Å². The van der Waals surface area contributed by atoms with E-state index in [0.717, 1.165) is 25.7 Å². The van der Waals surface area contributed by atoms with E-state index in [1.807, 2.05) is 4.90 Å². The van der Waals surface area contributed by atoms with Crippen LogP contribution in [-0.2, 0) is 4.79 Å². The van der Waals surface area contributed by atoms with Gasteiger partial charge in [0, 0.05) is 31.8 Å². The Bertz CT molecular complexity index is 673. The zero-order valence-corrected chi connectivity index (χ0v) is 13.7. The number of nitrogens with zero attached hydrogens (tertiary/aromatic N) is 1. The van der Waals surface area contributed by atoms with Crippen molar-refractivity contribution in [2.24, 2.45) is 5.92 Å². The second kappa shape index (κ2) is 5.87. The highest BCUT2D eigenvalue weighted by Gasteiger charge is 2.44. The van der Waals surface area contributed by atoms with Crippen molar-refractivity contribution in [1.29, 1.82) is 0 Å². The molecule has 4 rings (SSSR count). The topological polar surface area (TPSA) is 46.6 Å². The third-order valence-electron chi connectivity index (χ3n) is 5.74. The minimum atomic E-state index is -0.533. The van der Waals surface area contributed by atoms with Crippen molar-refractivity contribution >= 4 is 11.7 Å². The highest BCUT2D eigenvalue weighted by atomic mass is 19.1. The van der Waals surface area contributed by atoms with Crippen LogP contribution in [0.2, 0.25) is 0 Å². The van der Waals surface area contributed by atoms with E-state index in [1.165, 1.54) is 12.1 Å². The molecule has 1 aromatic carbocycles. The second-order valence-corrected chi connectivity index (χ2v) is 7.33. The quantitative estimate of drug-likeness (QED) is 0.793. The summed E-state index contributed by atoms with van der Waals surface area (Å²) in [5.74, 6) is 0.455. The van der Waals surface area contributed by atoms with E-state index in [-0.39, 0.29) is 24.0 Å². The van der Waals surface area contributed by atoms with Crippen molar-refractivity contribution in [3.63, 3.8) is 0 Å². The molecule has 0 aromatic heterocycles. The molecule has 24 heavy (non-hydrogen) atoms. The molecule has 1 aromatic rings. The molecule has 0 unspecified atom stereocenters. The number of carbonyl (C=O) groups is 2. The summed E-state index contributed by atoms with van der Waals surface area (Å²) in [5.41, 5.74) is -0.195. The van der Waals surface area contributed by atoms with Crippen molar-refractivity contribution in [1.82, 2.24) is 4.90 Å². The molecule has 1 amide bonds. The fraction of sp³-hybridized carbons (Fsp3) is 0.579. The lowest BCUT2D eigenvalue weighted by Crippen LogP contribution is -2.53. The van der Waals surface area contributed by atoms with Gasteiger partial charge in [-0.15, -0.1) is 0 Å². The molecule has 0 bridgehead atoms. The van der Waals surface area contributed by atoms with Gasteiger partial charge < -0.3 is 9.64 Å². The molecule has 0 N–H and O–H groups in total. The number of fused-ring (bicyclic) bond motifs is 1. The molecule has 4 nitrogen and oxygen atoms in total. The van der Waals surface area contributed by atoms with E-state index in [9.17, 15) is 14.0 Å². The van der Waals surface area contributed by atoms with Gasteiger partial charge >= 0.3 is 0 Å². The lowest BCUT2D eigenvalue weighted by molar-refractivity contribution is -0.138. The molecule has 2 heterocycles. The summed E-state index contributed by atoms with van der Waals surface area (Å²) in [5, 5.41) is 0. The van der Waals surface area contributed by atoms with Crippen molar-refractivity contribution in [3.8, 4) is 5.75 Å². The molecule has 3 aliphatic rings. The van der Waals surface area contributed by atoms with Crippen molar-refractivity contribution in [2.75, 3.05) is 13.1 Å². The minimum absolute atomic E-state index is 0.0636. The average molecular weight is 331 g/mol. The Morgan fingerprint density at radius 1 is 1.21 bits per heavy atom. The molecule has 1 spiro atoms. The number of halogens is 1. The van der Waals surface area contributed by atoms with Gasteiger partial charge in [-0.1, -0.05) is 12.8 Å². The van der Waals surface area contributed by atoms with Crippen LogP contribution in [-0.4, -0.2) is 35.3 Å². The minimum Gasteiger partial charge on any atom is -0.486 e. The van der Waals surface area contributed by atoms with Gasteiger partial charge in [-0.25, -0.2) is 4.39 Å². The molecule has 128 valence electrons. The number of amides is 1. The summed E-state index contributed by atoms with van der Waals surface area (Å²) < 4.78 is 19.5. The molecule has 0 atom stereocenters. The molecule has 0 radical (unpaired) electrons. The summed E-state index contributed by atoms with van der Waals surface area (Å²) >= 11 is 0. The van der Waals surface area contributed by atoms with Crippen LogP contribution in [0.1, 0.15) is 55.3 Å². The van der Waals surface area contributed by atoms with Crippen LogP contribution >= 0.6 is 0 Å². The lowest BCUT2D eigenvalue weighted by Gasteiger charge is -2.44. The van der Waals surface area contributed by atoms with E-state index in [0.29, 0.717) is 37.2 Å². The van der Waals surface area contributed by atoms with Crippen LogP contribution < -0.4 is 4.74 Å². The van der Waals surface area contributed by atoms with Crippen molar-refractivity contribution < 1.29 is 18.7 Å². The van der Waals surface area contributed by atoms with Crippen LogP contribution in [0.4, 0.5) is 4.39 Å². The number of carbonyl (C=O) groups excluding carboxylic acids is 2. The first-order valence-electron chi connectivity index (χ1n) is 8.87. The van der Waals surface area contributed by atoms with E-state index >= 15 is 0 Å². The smallest absolute Gasteiger partial charge is 0.225 e. The predicted molar refractivity (Wildman–Crippen MR) is 86.5 cm³/mol. The largest absolute Gasteiger partial charge is 0.486 e. The summed E-state index contributed by atoms with van der Waals surface area (Å²) in [7, 11) is 0. The molecule has 5 heteroatoms. The third-order valence-corrected chi connectivity index (χ3v) is 5.74. The Labute approximate surface area is 141 Å². The molecule has 2 aliphatic heterocycles. The van der Waals surface area contributed by atoms with Gasteiger partial charge in [-0.2, -0.15) is 0 Å². The molecular weight excluding hydrogens is 309 g/mol. The third kappa shape index (κ3) is 2.70. The van der Waals surface area contributed by atoms with Crippen LogP contribution in [0.15, 0.2) is 18.2 Å². The van der Waals surface area contributed by atoms with E-state index in [2.05, 4.69) is 0 Å². The van der Waals surface area contributed by atoms with Gasteiger partial charge in [0.15, 0.2) is 5.78 Å². The maximum Gasteiger partial charge on any atom is 0.225 e. The van der Waals surface area contributed by atoms with Crippen molar-refractivity contribution in [3.05, 3.63) is 29.6 Å². The van der Waals surface area contributed by atoms with E-state index < -0.39 is 11.4 Å². The van der Waals surface area contributed by atoms with Crippen molar-refractivity contribution in [2.45, 2.75) is 50.5 Å². The summed E-state index contributed by atoms with van der Waals surface area (Å²) in [6.45, 7) is 1.28. The number of hydrogen-bond donors (Lipinski definition) is 0.